The van der Waals surface area contributed by atoms with Crippen LogP contribution in [0.2, 0.25) is 0 Å². The maximum Gasteiger partial charge on any atom is 0.407 e. The molecule has 0 aromatic rings. The number of rotatable bonds is 7. The quantitative estimate of drug-likeness (QED) is 0.674. The standard InChI is InChI=1S/C9H21NO4Si/c1-5-6-7-8(10(2)9(11)12)15(13-3)14-4/h8,15H,5-7H2,1-4H3,(H,11,12). The van der Waals surface area contributed by atoms with Gasteiger partial charge in [0.05, 0.1) is 5.67 Å². The van der Waals surface area contributed by atoms with E-state index in [9.17, 15) is 4.79 Å². The van der Waals surface area contributed by atoms with Gasteiger partial charge in [-0.25, -0.2) is 4.79 Å². The largest absolute Gasteiger partial charge is 0.465 e. The Morgan fingerprint density at radius 1 is 1.47 bits per heavy atom. The summed E-state index contributed by atoms with van der Waals surface area (Å²) in [7, 11) is 2.82. The molecule has 0 aromatic carbocycles. The van der Waals surface area contributed by atoms with Crippen LogP contribution in [0.25, 0.3) is 0 Å². The van der Waals surface area contributed by atoms with Crippen LogP contribution in [0.1, 0.15) is 26.2 Å². The molecule has 1 unspecified atom stereocenters. The molecule has 0 fully saturated rings. The molecule has 1 atom stereocenters. The predicted molar refractivity (Wildman–Crippen MR) is 60.3 cm³/mol. The zero-order valence-electron chi connectivity index (χ0n) is 9.90. The molecule has 0 aliphatic rings. The van der Waals surface area contributed by atoms with Crippen LogP contribution >= 0.6 is 0 Å². The molecule has 0 radical (unpaired) electrons. The molecule has 0 bridgehead atoms. The number of unbranched alkanes of at least 4 members (excludes halogenated alkanes) is 1. The fraction of sp³-hybridized carbons (Fsp3) is 0.889. The van der Waals surface area contributed by atoms with E-state index in [1.165, 1.54) is 4.90 Å². The Balaban J connectivity index is 4.46. The minimum Gasteiger partial charge on any atom is -0.465 e. The number of carboxylic acid groups (broad SMARTS) is 1. The first kappa shape index (κ1) is 14.4. The second kappa shape index (κ2) is 7.67. The molecular weight excluding hydrogens is 214 g/mol. The maximum atomic E-state index is 10.9. The van der Waals surface area contributed by atoms with Crippen LogP contribution in [-0.4, -0.2) is 52.3 Å². The minimum absolute atomic E-state index is 0.113. The molecule has 0 aromatic heterocycles. The van der Waals surface area contributed by atoms with Gasteiger partial charge in [0.1, 0.15) is 0 Å². The topological polar surface area (TPSA) is 59.0 Å². The van der Waals surface area contributed by atoms with Crippen molar-refractivity contribution in [2.45, 2.75) is 31.9 Å². The summed E-state index contributed by atoms with van der Waals surface area (Å²) in [5, 5.41) is 8.93. The minimum atomic E-state index is -1.91. The van der Waals surface area contributed by atoms with E-state index in [1.54, 1.807) is 21.3 Å². The molecule has 0 heterocycles. The predicted octanol–water partition coefficient (Wildman–Crippen LogP) is 1.21. The highest BCUT2D eigenvalue weighted by atomic mass is 28.3. The molecule has 15 heavy (non-hydrogen) atoms. The van der Waals surface area contributed by atoms with Crippen LogP contribution in [0.3, 0.4) is 0 Å². The van der Waals surface area contributed by atoms with E-state index in [1.807, 2.05) is 0 Å². The van der Waals surface area contributed by atoms with Gasteiger partial charge in [-0.3, -0.25) is 0 Å². The first-order chi connectivity index (χ1) is 7.08. The van der Waals surface area contributed by atoms with E-state index < -0.39 is 15.4 Å². The SMILES string of the molecule is CCCCC(N(C)C(=O)O)[SiH](OC)OC. The third-order valence-corrected chi connectivity index (χ3v) is 4.77. The van der Waals surface area contributed by atoms with Crippen molar-refractivity contribution >= 4 is 15.4 Å². The molecule has 1 amide bonds. The summed E-state index contributed by atoms with van der Waals surface area (Å²) in [6, 6.07) is 0. The van der Waals surface area contributed by atoms with Crippen molar-refractivity contribution in [1.82, 2.24) is 4.90 Å². The smallest absolute Gasteiger partial charge is 0.407 e. The van der Waals surface area contributed by atoms with Crippen LogP contribution in [0, 0.1) is 0 Å². The summed E-state index contributed by atoms with van der Waals surface area (Å²) in [5.41, 5.74) is -0.113. The van der Waals surface area contributed by atoms with Gasteiger partial charge in [0.25, 0.3) is 0 Å². The normalized spacial score (nSPS) is 12.9. The molecule has 0 rings (SSSR count). The second-order valence-electron chi connectivity index (χ2n) is 3.44. The van der Waals surface area contributed by atoms with Gasteiger partial charge in [0.15, 0.2) is 0 Å². The third-order valence-electron chi connectivity index (χ3n) is 2.43. The van der Waals surface area contributed by atoms with Crippen molar-refractivity contribution in [1.29, 1.82) is 0 Å². The Hall–Kier alpha value is -0.593. The average Bonchev–Trinajstić information content (AvgIpc) is 2.23. The molecule has 0 aliphatic heterocycles. The van der Waals surface area contributed by atoms with Crippen molar-refractivity contribution in [3.8, 4) is 0 Å². The maximum absolute atomic E-state index is 10.9. The highest BCUT2D eigenvalue weighted by Gasteiger charge is 2.30. The Labute approximate surface area is 92.8 Å². The van der Waals surface area contributed by atoms with E-state index in [0.717, 1.165) is 19.3 Å². The van der Waals surface area contributed by atoms with Crippen molar-refractivity contribution in [3.63, 3.8) is 0 Å². The van der Waals surface area contributed by atoms with Gasteiger partial charge < -0.3 is 18.9 Å². The second-order valence-corrected chi connectivity index (χ2v) is 5.89. The number of hydrogen-bond donors (Lipinski definition) is 1. The number of hydrogen-bond acceptors (Lipinski definition) is 3. The molecule has 1 N–H and O–H groups in total. The molecule has 90 valence electrons. The molecule has 0 saturated carbocycles. The zero-order valence-corrected chi connectivity index (χ0v) is 11.0. The monoisotopic (exact) mass is 235 g/mol. The number of amides is 1. The van der Waals surface area contributed by atoms with Gasteiger partial charge >= 0.3 is 15.4 Å². The fourth-order valence-corrected chi connectivity index (χ4v) is 3.30. The van der Waals surface area contributed by atoms with E-state index in [4.69, 9.17) is 14.0 Å². The zero-order chi connectivity index (χ0) is 11.8. The lowest BCUT2D eigenvalue weighted by molar-refractivity contribution is 0.135. The van der Waals surface area contributed by atoms with Crippen LogP contribution in [0.15, 0.2) is 0 Å². The summed E-state index contributed by atoms with van der Waals surface area (Å²) in [6.45, 7) is 2.08. The van der Waals surface area contributed by atoms with Crippen LogP contribution in [-0.2, 0) is 8.85 Å². The summed E-state index contributed by atoms with van der Waals surface area (Å²) in [6.07, 6.45) is 1.90. The highest BCUT2D eigenvalue weighted by Crippen LogP contribution is 2.12. The molecule has 0 spiro atoms. The summed E-state index contributed by atoms with van der Waals surface area (Å²) in [5.74, 6) is 0. The fourth-order valence-electron chi connectivity index (χ4n) is 1.48. The van der Waals surface area contributed by atoms with E-state index in [-0.39, 0.29) is 5.67 Å². The van der Waals surface area contributed by atoms with Gasteiger partial charge in [0.2, 0.25) is 0 Å². The van der Waals surface area contributed by atoms with Crippen molar-refractivity contribution in [2.24, 2.45) is 0 Å². The van der Waals surface area contributed by atoms with Gasteiger partial charge in [-0.1, -0.05) is 19.8 Å². The lowest BCUT2D eigenvalue weighted by Crippen LogP contribution is -2.49. The summed E-state index contributed by atoms with van der Waals surface area (Å²) in [4.78, 5) is 12.2. The van der Waals surface area contributed by atoms with Gasteiger partial charge in [-0.2, -0.15) is 0 Å². The van der Waals surface area contributed by atoms with Crippen molar-refractivity contribution in [3.05, 3.63) is 0 Å². The van der Waals surface area contributed by atoms with Gasteiger partial charge in [0, 0.05) is 21.3 Å². The van der Waals surface area contributed by atoms with E-state index in [0.29, 0.717) is 0 Å². The first-order valence-corrected chi connectivity index (χ1v) is 6.70. The summed E-state index contributed by atoms with van der Waals surface area (Å²) >= 11 is 0. The Morgan fingerprint density at radius 2 is 2.00 bits per heavy atom. The molecule has 0 aliphatic carbocycles. The van der Waals surface area contributed by atoms with Gasteiger partial charge in [-0.05, 0) is 6.42 Å². The number of nitrogens with zero attached hydrogens (tertiary/aromatic N) is 1. The third kappa shape index (κ3) is 4.63. The Kier molecular flexibility index (Phi) is 7.36. The molecule has 6 heteroatoms. The van der Waals surface area contributed by atoms with Crippen LogP contribution in [0.4, 0.5) is 4.79 Å². The summed E-state index contributed by atoms with van der Waals surface area (Å²) < 4.78 is 10.5. The highest BCUT2D eigenvalue weighted by molar-refractivity contribution is 6.46. The lowest BCUT2D eigenvalue weighted by Gasteiger charge is -2.29. The molecule has 5 nitrogen and oxygen atoms in total. The van der Waals surface area contributed by atoms with E-state index >= 15 is 0 Å². The molecule has 0 saturated heterocycles. The first-order valence-electron chi connectivity index (χ1n) is 5.09. The van der Waals surface area contributed by atoms with Crippen molar-refractivity contribution in [2.75, 3.05) is 21.3 Å². The Morgan fingerprint density at radius 3 is 2.33 bits per heavy atom. The molecular formula is C9H21NO4Si. The van der Waals surface area contributed by atoms with Crippen LogP contribution < -0.4 is 0 Å². The number of carbonyl (C=O) groups is 1. The van der Waals surface area contributed by atoms with Gasteiger partial charge in [-0.15, -0.1) is 0 Å². The van der Waals surface area contributed by atoms with E-state index in [2.05, 4.69) is 6.92 Å². The lowest BCUT2D eigenvalue weighted by atomic mass is 10.2. The average molecular weight is 235 g/mol. The van der Waals surface area contributed by atoms with Crippen molar-refractivity contribution < 1.29 is 18.8 Å². The Bertz CT molecular complexity index is 187. The van der Waals surface area contributed by atoms with Crippen LogP contribution in [0.5, 0.6) is 0 Å².